The van der Waals surface area contributed by atoms with E-state index in [-0.39, 0.29) is 0 Å². The summed E-state index contributed by atoms with van der Waals surface area (Å²) in [5.74, 6) is 1.59. The molecule has 23 heavy (non-hydrogen) atoms. The molecule has 2 heterocycles. The molecule has 0 unspecified atom stereocenters. The minimum Gasteiger partial charge on any atom is -0.497 e. The van der Waals surface area contributed by atoms with E-state index in [0.717, 1.165) is 33.6 Å². The van der Waals surface area contributed by atoms with Crippen LogP contribution in [0.15, 0.2) is 65.2 Å². The molecular weight excluding hydrogens is 308 g/mol. The fourth-order valence-electron chi connectivity index (χ4n) is 2.38. The van der Waals surface area contributed by atoms with Crippen molar-refractivity contribution in [1.82, 2.24) is 14.9 Å². The van der Waals surface area contributed by atoms with Crippen molar-refractivity contribution in [3.8, 4) is 17.1 Å². The van der Waals surface area contributed by atoms with Gasteiger partial charge in [-0.1, -0.05) is 42.1 Å². The minimum absolute atomic E-state index is 0.775. The Bertz CT molecular complexity index is 856. The van der Waals surface area contributed by atoms with E-state index in [4.69, 9.17) is 4.74 Å². The maximum atomic E-state index is 5.20. The molecule has 1 aliphatic rings. The summed E-state index contributed by atoms with van der Waals surface area (Å²) in [6, 6.07) is 18.0. The van der Waals surface area contributed by atoms with Crippen LogP contribution in [0.3, 0.4) is 0 Å². The molecule has 0 spiro atoms. The van der Waals surface area contributed by atoms with Crippen LogP contribution >= 0.6 is 11.8 Å². The second kappa shape index (κ2) is 5.81. The van der Waals surface area contributed by atoms with Gasteiger partial charge in [0, 0.05) is 11.0 Å². The SMILES string of the molecule is COc1ccc(-c2nnc3n2NC(c2ccccc2)=CS3)cc1. The van der Waals surface area contributed by atoms with Crippen LogP contribution < -0.4 is 10.2 Å². The van der Waals surface area contributed by atoms with Gasteiger partial charge < -0.3 is 4.74 Å². The van der Waals surface area contributed by atoms with E-state index in [2.05, 4.69) is 33.2 Å². The summed E-state index contributed by atoms with van der Waals surface area (Å²) in [6.07, 6.45) is 0. The van der Waals surface area contributed by atoms with Crippen molar-refractivity contribution in [1.29, 1.82) is 0 Å². The van der Waals surface area contributed by atoms with Gasteiger partial charge in [0.15, 0.2) is 5.82 Å². The summed E-state index contributed by atoms with van der Waals surface area (Å²) in [4.78, 5) is 0. The van der Waals surface area contributed by atoms with Gasteiger partial charge in [-0.25, -0.2) is 4.68 Å². The second-order valence-electron chi connectivity index (χ2n) is 5.00. The monoisotopic (exact) mass is 322 g/mol. The topological polar surface area (TPSA) is 52.0 Å². The maximum absolute atomic E-state index is 5.20. The number of methoxy groups -OCH3 is 1. The summed E-state index contributed by atoms with van der Waals surface area (Å²) in [6.45, 7) is 0. The highest BCUT2D eigenvalue weighted by molar-refractivity contribution is 8.02. The third-order valence-corrected chi connectivity index (χ3v) is 4.41. The fraction of sp³-hybridized carbons (Fsp3) is 0.0588. The number of aromatic nitrogens is 3. The summed E-state index contributed by atoms with van der Waals surface area (Å²) in [5, 5.41) is 11.4. The first-order valence-electron chi connectivity index (χ1n) is 7.14. The van der Waals surface area contributed by atoms with Crippen LogP contribution in [0.25, 0.3) is 17.1 Å². The molecule has 114 valence electrons. The Morgan fingerprint density at radius 3 is 2.48 bits per heavy atom. The normalized spacial score (nSPS) is 13.0. The van der Waals surface area contributed by atoms with Crippen LogP contribution in [-0.2, 0) is 0 Å². The van der Waals surface area contributed by atoms with Gasteiger partial charge in [-0.3, -0.25) is 5.43 Å². The molecular formula is C17H14N4OS. The predicted molar refractivity (Wildman–Crippen MR) is 91.6 cm³/mol. The Hall–Kier alpha value is -2.73. The first-order chi connectivity index (χ1) is 11.3. The minimum atomic E-state index is 0.775. The number of thioether (sulfide) groups is 1. The predicted octanol–water partition coefficient (Wildman–Crippen LogP) is 3.60. The number of hydrogen-bond donors (Lipinski definition) is 1. The van der Waals surface area contributed by atoms with Crippen molar-refractivity contribution in [3.63, 3.8) is 0 Å². The average molecular weight is 322 g/mol. The molecule has 0 aliphatic carbocycles. The zero-order chi connectivity index (χ0) is 15.6. The number of benzene rings is 2. The lowest BCUT2D eigenvalue weighted by Gasteiger charge is -2.19. The number of hydrogen-bond acceptors (Lipinski definition) is 5. The van der Waals surface area contributed by atoms with E-state index in [0.29, 0.717) is 0 Å². The quantitative estimate of drug-likeness (QED) is 0.798. The van der Waals surface area contributed by atoms with E-state index in [1.165, 1.54) is 0 Å². The Balaban J connectivity index is 1.68. The lowest BCUT2D eigenvalue weighted by Crippen LogP contribution is -2.18. The molecule has 0 fully saturated rings. The summed E-state index contributed by atoms with van der Waals surface area (Å²) in [5.41, 5.74) is 6.52. The standard InChI is InChI=1S/C17H14N4OS/c1-22-14-9-7-13(8-10-14)16-18-19-17-21(16)20-15(11-23-17)12-5-3-2-4-6-12/h2-11,20H,1H3. The van der Waals surface area contributed by atoms with Gasteiger partial charge in [-0.15, -0.1) is 10.2 Å². The van der Waals surface area contributed by atoms with E-state index >= 15 is 0 Å². The Kier molecular flexibility index (Phi) is 3.51. The highest BCUT2D eigenvalue weighted by atomic mass is 32.2. The summed E-state index contributed by atoms with van der Waals surface area (Å²) >= 11 is 1.55. The van der Waals surface area contributed by atoms with Crippen LogP contribution in [0, 0.1) is 0 Å². The van der Waals surface area contributed by atoms with Crippen molar-refractivity contribution in [3.05, 3.63) is 65.6 Å². The zero-order valence-corrected chi connectivity index (χ0v) is 13.2. The van der Waals surface area contributed by atoms with Crippen molar-refractivity contribution in [2.75, 3.05) is 12.5 Å². The van der Waals surface area contributed by atoms with Crippen LogP contribution in [-0.4, -0.2) is 22.0 Å². The lowest BCUT2D eigenvalue weighted by molar-refractivity contribution is 0.415. The summed E-state index contributed by atoms with van der Waals surface area (Å²) < 4.78 is 7.11. The molecule has 6 heteroatoms. The van der Waals surface area contributed by atoms with Crippen LogP contribution in [0.1, 0.15) is 5.56 Å². The molecule has 2 aromatic carbocycles. The molecule has 0 amide bonds. The Labute approximate surface area is 138 Å². The molecule has 0 bridgehead atoms. The molecule has 5 nitrogen and oxygen atoms in total. The van der Waals surface area contributed by atoms with Gasteiger partial charge in [0.05, 0.1) is 12.8 Å². The zero-order valence-electron chi connectivity index (χ0n) is 12.4. The van der Waals surface area contributed by atoms with E-state index in [9.17, 15) is 0 Å². The van der Waals surface area contributed by atoms with Gasteiger partial charge in [-0.2, -0.15) is 0 Å². The van der Waals surface area contributed by atoms with E-state index in [1.54, 1.807) is 18.9 Å². The number of nitrogens with zero attached hydrogens (tertiary/aromatic N) is 3. The maximum Gasteiger partial charge on any atom is 0.214 e. The van der Waals surface area contributed by atoms with Crippen LogP contribution in [0.4, 0.5) is 0 Å². The van der Waals surface area contributed by atoms with Crippen molar-refractivity contribution < 1.29 is 4.74 Å². The number of nitrogens with one attached hydrogen (secondary N) is 1. The first-order valence-corrected chi connectivity index (χ1v) is 8.02. The highest BCUT2D eigenvalue weighted by Crippen LogP contribution is 2.31. The molecule has 0 saturated carbocycles. The highest BCUT2D eigenvalue weighted by Gasteiger charge is 2.19. The molecule has 1 aliphatic heterocycles. The van der Waals surface area contributed by atoms with E-state index < -0.39 is 0 Å². The van der Waals surface area contributed by atoms with E-state index in [1.807, 2.05) is 47.1 Å². The van der Waals surface area contributed by atoms with Gasteiger partial charge >= 0.3 is 0 Å². The van der Waals surface area contributed by atoms with Gasteiger partial charge in [-0.05, 0) is 29.8 Å². The molecule has 4 rings (SSSR count). The van der Waals surface area contributed by atoms with Gasteiger partial charge in [0.2, 0.25) is 5.16 Å². The molecule has 0 radical (unpaired) electrons. The number of ether oxygens (including phenoxy) is 1. The molecule has 0 atom stereocenters. The third kappa shape index (κ3) is 2.57. The smallest absolute Gasteiger partial charge is 0.214 e. The largest absolute Gasteiger partial charge is 0.497 e. The number of fused-ring (bicyclic) bond motifs is 1. The second-order valence-corrected chi connectivity index (χ2v) is 5.83. The van der Waals surface area contributed by atoms with Crippen LogP contribution in [0.5, 0.6) is 5.75 Å². The van der Waals surface area contributed by atoms with Crippen molar-refractivity contribution in [2.45, 2.75) is 5.16 Å². The Morgan fingerprint density at radius 1 is 0.957 bits per heavy atom. The molecule has 1 N–H and O–H groups in total. The third-order valence-electron chi connectivity index (χ3n) is 3.58. The van der Waals surface area contributed by atoms with Gasteiger partial charge in [0.25, 0.3) is 0 Å². The Morgan fingerprint density at radius 2 is 1.74 bits per heavy atom. The molecule has 3 aromatic rings. The fourth-order valence-corrected chi connectivity index (χ4v) is 3.12. The van der Waals surface area contributed by atoms with Crippen LogP contribution in [0.2, 0.25) is 0 Å². The number of rotatable bonds is 3. The van der Waals surface area contributed by atoms with Gasteiger partial charge in [0.1, 0.15) is 5.75 Å². The van der Waals surface area contributed by atoms with Crippen molar-refractivity contribution in [2.24, 2.45) is 0 Å². The first kappa shape index (κ1) is 13.9. The lowest BCUT2D eigenvalue weighted by atomic mass is 10.2. The average Bonchev–Trinajstić information content (AvgIpc) is 3.05. The molecule has 0 saturated heterocycles. The van der Waals surface area contributed by atoms with Crippen molar-refractivity contribution >= 4 is 17.5 Å². The summed E-state index contributed by atoms with van der Waals surface area (Å²) in [7, 11) is 1.66. The molecule has 1 aromatic heterocycles.